The van der Waals surface area contributed by atoms with Crippen LogP contribution in [0.4, 0.5) is 10.8 Å². The van der Waals surface area contributed by atoms with Gasteiger partial charge in [0.2, 0.25) is 0 Å². The zero-order valence-corrected chi connectivity index (χ0v) is 10.1. The summed E-state index contributed by atoms with van der Waals surface area (Å²) in [7, 11) is 0. The second-order valence-electron chi connectivity index (χ2n) is 4.07. The summed E-state index contributed by atoms with van der Waals surface area (Å²) < 4.78 is 9.10. The van der Waals surface area contributed by atoms with Gasteiger partial charge in [0.05, 0.1) is 5.60 Å². The summed E-state index contributed by atoms with van der Waals surface area (Å²) in [4.78, 5) is 0. The number of hydrogen-bond acceptors (Lipinski definition) is 7. The Morgan fingerprint density at radius 2 is 2.29 bits per heavy atom. The van der Waals surface area contributed by atoms with Gasteiger partial charge in [-0.25, -0.2) is 0 Å². The van der Waals surface area contributed by atoms with Gasteiger partial charge in [-0.3, -0.25) is 0 Å². The van der Waals surface area contributed by atoms with Gasteiger partial charge in [0.25, 0.3) is 0 Å². The van der Waals surface area contributed by atoms with Crippen LogP contribution in [0, 0.1) is 11.3 Å². The average Bonchev–Trinajstić information content (AvgIpc) is 2.68. The van der Waals surface area contributed by atoms with Crippen LogP contribution in [0.1, 0.15) is 18.4 Å². The summed E-state index contributed by atoms with van der Waals surface area (Å²) in [6.45, 7) is 1.51. The number of nitrogen functional groups attached to an aromatic ring is 1. The van der Waals surface area contributed by atoms with E-state index in [-0.39, 0.29) is 5.82 Å². The van der Waals surface area contributed by atoms with E-state index >= 15 is 0 Å². The van der Waals surface area contributed by atoms with Crippen LogP contribution in [0.25, 0.3) is 0 Å². The molecule has 1 aromatic rings. The topological polar surface area (TPSA) is 104 Å². The Morgan fingerprint density at radius 3 is 2.94 bits per heavy atom. The van der Waals surface area contributed by atoms with Crippen LogP contribution >= 0.6 is 11.5 Å². The third-order valence-electron chi connectivity index (χ3n) is 2.83. The number of anilines is 2. The van der Waals surface area contributed by atoms with Crippen molar-refractivity contribution in [3.8, 4) is 6.07 Å². The van der Waals surface area contributed by atoms with Crippen LogP contribution in [-0.4, -0.2) is 34.8 Å². The molecule has 92 valence electrons. The van der Waals surface area contributed by atoms with E-state index in [2.05, 4.69) is 9.69 Å². The van der Waals surface area contributed by atoms with E-state index in [9.17, 15) is 5.11 Å². The van der Waals surface area contributed by atoms with Crippen LogP contribution < -0.4 is 11.1 Å². The van der Waals surface area contributed by atoms with Crippen LogP contribution in [-0.2, 0) is 4.74 Å². The van der Waals surface area contributed by atoms with Gasteiger partial charge in [0, 0.05) is 32.6 Å². The summed E-state index contributed by atoms with van der Waals surface area (Å²) in [5, 5.41) is 22.8. The number of ether oxygens (including phenoxy) is 1. The molecule has 2 heterocycles. The average molecular weight is 254 g/mol. The van der Waals surface area contributed by atoms with Crippen molar-refractivity contribution in [2.24, 2.45) is 0 Å². The number of aliphatic hydroxyl groups is 1. The number of nitriles is 1. The Morgan fingerprint density at radius 1 is 1.59 bits per heavy atom. The van der Waals surface area contributed by atoms with Crippen molar-refractivity contribution in [2.75, 3.05) is 30.8 Å². The lowest BCUT2D eigenvalue weighted by Gasteiger charge is -2.32. The first-order valence-electron chi connectivity index (χ1n) is 5.34. The maximum absolute atomic E-state index is 10.2. The third kappa shape index (κ3) is 2.66. The van der Waals surface area contributed by atoms with Crippen molar-refractivity contribution in [3.63, 3.8) is 0 Å². The molecule has 0 saturated carbocycles. The lowest BCUT2D eigenvalue weighted by atomic mass is 9.94. The summed E-state index contributed by atoms with van der Waals surface area (Å²) in [5.41, 5.74) is 5.13. The highest BCUT2D eigenvalue weighted by Gasteiger charge is 2.30. The van der Waals surface area contributed by atoms with Crippen molar-refractivity contribution in [1.29, 1.82) is 5.26 Å². The van der Waals surface area contributed by atoms with Gasteiger partial charge in [-0.1, -0.05) is 0 Å². The second-order valence-corrected chi connectivity index (χ2v) is 4.85. The molecule has 2 rings (SSSR count). The minimum absolute atomic E-state index is 0.235. The van der Waals surface area contributed by atoms with Gasteiger partial charge in [-0.15, -0.1) is 0 Å². The molecule has 0 bridgehead atoms. The summed E-state index contributed by atoms with van der Waals surface area (Å²) >= 11 is 1.14. The number of nitrogens with two attached hydrogens (primary N) is 1. The molecule has 1 aliphatic heterocycles. The molecule has 0 aliphatic carbocycles. The molecule has 4 N–H and O–H groups in total. The van der Waals surface area contributed by atoms with Crippen LogP contribution in [0.2, 0.25) is 0 Å². The third-order valence-corrected chi connectivity index (χ3v) is 3.65. The molecule has 1 aromatic heterocycles. The Kier molecular flexibility index (Phi) is 3.47. The van der Waals surface area contributed by atoms with Crippen molar-refractivity contribution in [1.82, 2.24) is 4.37 Å². The maximum Gasteiger partial charge on any atom is 0.157 e. The van der Waals surface area contributed by atoms with Crippen molar-refractivity contribution in [3.05, 3.63) is 5.56 Å². The maximum atomic E-state index is 10.2. The van der Waals surface area contributed by atoms with E-state index < -0.39 is 5.60 Å². The number of aromatic nitrogens is 1. The lowest BCUT2D eigenvalue weighted by molar-refractivity contribution is -0.0543. The molecule has 1 fully saturated rings. The van der Waals surface area contributed by atoms with Crippen LogP contribution in [0.3, 0.4) is 0 Å². The predicted molar refractivity (Wildman–Crippen MR) is 64.7 cm³/mol. The van der Waals surface area contributed by atoms with Gasteiger partial charge < -0.3 is 20.9 Å². The number of nitrogens with zero attached hydrogens (tertiary/aromatic N) is 2. The Hall–Kier alpha value is -1.36. The Bertz CT molecular complexity index is 434. The molecule has 0 amide bonds. The largest absolute Gasteiger partial charge is 0.388 e. The quantitative estimate of drug-likeness (QED) is 0.727. The molecule has 1 aliphatic rings. The molecular formula is C10H14N4O2S. The number of hydrogen-bond donors (Lipinski definition) is 3. The zero-order chi connectivity index (χ0) is 12.3. The van der Waals surface area contributed by atoms with Gasteiger partial charge in [-0.2, -0.15) is 9.64 Å². The minimum Gasteiger partial charge on any atom is -0.388 e. The fourth-order valence-electron chi connectivity index (χ4n) is 1.70. The van der Waals surface area contributed by atoms with E-state index in [1.807, 2.05) is 6.07 Å². The first kappa shape index (κ1) is 12.1. The first-order valence-corrected chi connectivity index (χ1v) is 6.11. The van der Waals surface area contributed by atoms with E-state index in [0.29, 0.717) is 43.2 Å². The van der Waals surface area contributed by atoms with Gasteiger partial charge >= 0.3 is 0 Å². The monoisotopic (exact) mass is 254 g/mol. The normalized spacial score (nSPS) is 18.6. The van der Waals surface area contributed by atoms with Crippen molar-refractivity contribution in [2.45, 2.75) is 18.4 Å². The predicted octanol–water partition coefficient (Wildman–Crippen LogP) is 0.550. The van der Waals surface area contributed by atoms with E-state index in [0.717, 1.165) is 11.5 Å². The number of rotatable bonds is 3. The van der Waals surface area contributed by atoms with Gasteiger partial charge in [-0.05, 0) is 11.5 Å². The molecule has 17 heavy (non-hydrogen) atoms. The van der Waals surface area contributed by atoms with Gasteiger partial charge in [0.15, 0.2) is 5.82 Å². The molecule has 6 nitrogen and oxygen atoms in total. The second kappa shape index (κ2) is 4.87. The molecular weight excluding hydrogens is 240 g/mol. The fraction of sp³-hybridized carbons (Fsp3) is 0.600. The van der Waals surface area contributed by atoms with Crippen LogP contribution in [0.15, 0.2) is 0 Å². The highest BCUT2D eigenvalue weighted by molar-refractivity contribution is 7.10. The Balaban J connectivity index is 2.00. The summed E-state index contributed by atoms with van der Waals surface area (Å²) in [6, 6.07) is 2.00. The van der Waals surface area contributed by atoms with E-state index in [4.69, 9.17) is 15.7 Å². The minimum atomic E-state index is -0.774. The highest BCUT2D eigenvalue weighted by atomic mass is 32.1. The molecule has 0 atom stereocenters. The van der Waals surface area contributed by atoms with Gasteiger partial charge in [0.1, 0.15) is 16.6 Å². The SMILES string of the molecule is N#Cc1c(N)nsc1NCC1(O)CCOCC1. The summed E-state index contributed by atoms with van der Waals surface area (Å²) in [5.74, 6) is 0.235. The van der Waals surface area contributed by atoms with E-state index in [1.165, 1.54) is 0 Å². The number of nitrogens with one attached hydrogen (secondary N) is 1. The van der Waals surface area contributed by atoms with Crippen LogP contribution in [0.5, 0.6) is 0 Å². The van der Waals surface area contributed by atoms with Crippen molar-refractivity contribution >= 4 is 22.4 Å². The Labute approximate surface area is 103 Å². The smallest absolute Gasteiger partial charge is 0.157 e. The molecule has 7 heteroatoms. The molecule has 1 saturated heterocycles. The molecule has 0 radical (unpaired) electrons. The standard InChI is InChI=1S/C10H14N4O2S/c11-5-7-8(12)14-17-9(7)13-6-10(15)1-3-16-4-2-10/h13,15H,1-4,6H2,(H2,12,14). The lowest BCUT2D eigenvalue weighted by Crippen LogP contribution is -2.42. The molecule has 0 spiro atoms. The van der Waals surface area contributed by atoms with Crippen molar-refractivity contribution < 1.29 is 9.84 Å². The fourth-order valence-corrected chi connectivity index (χ4v) is 2.36. The first-order chi connectivity index (χ1) is 8.14. The summed E-state index contributed by atoms with van der Waals surface area (Å²) in [6.07, 6.45) is 1.19. The van der Waals surface area contributed by atoms with E-state index in [1.54, 1.807) is 0 Å². The highest BCUT2D eigenvalue weighted by Crippen LogP contribution is 2.27. The molecule has 0 unspecified atom stereocenters. The molecule has 0 aromatic carbocycles. The zero-order valence-electron chi connectivity index (χ0n) is 9.27.